The van der Waals surface area contributed by atoms with Crippen molar-refractivity contribution in [2.24, 2.45) is 0 Å². The molecule has 4 nitrogen and oxygen atoms in total. The third kappa shape index (κ3) is 1.46. The fourth-order valence-corrected chi connectivity index (χ4v) is 0.959. The summed E-state index contributed by atoms with van der Waals surface area (Å²) in [5.41, 5.74) is 0.338. The maximum atomic E-state index is 11.5. The monoisotopic (exact) mass is 174 g/mol. The lowest BCUT2D eigenvalue weighted by molar-refractivity contribution is 0.100. The second kappa shape index (κ2) is 3.18. The van der Waals surface area contributed by atoms with Gasteiger partial charge in [0.25, 0.3) is 0 Å². The zero-order chi connectivity index (χ0) is 9.10. The highest BCUT2D eigenvalue weighted by atomic mass is 16.3. The van der Waals surface area contributed by atoms with E-state index in [9.17, 15) is 4.79 Å². The molecule has 0 saturated heterocycles. The molecule has 0 unspecified atom stereocenters. The first-order chi connectivity index (χ1) is 6.38. The Hall–Kier alpha value is -1.97. The lowest BCUT2D eigenvalue weighted by atomic mass is 10.2. The van der Waals surface area contributed by atoms with Gasteiger partial charge in [-0.05, 0) is 18.2 Å². The fraction of sp³-hybridized carbons (Fsp3) is 0. The summed E-state index contributed by atoms with van der Waals surface area (Å²) in [6, 6.07) is 4.81. The van der Waals surface area contributed by atoms with E-state index in [1.54, 1.807) is 18.2 Å². The van der Waals surface area contributed by atoms with E-state index in [2.05, 4.69) is 9.97 Å². The zero-order valence-corrected chi connectivity index (χ0v) is 6.68. The Bertz CT molecular complexity index is 395. The van der Waals surface area contributed by atoms with Gasteiger partial charge in [-0.3, -0.25) is 4.79 Å². The smallest absolute Gasteiger partial charge is 0.246 e. The quantitative estimate of drug-likeness (QED) is 0.644. The summed E-state index contributed by atoms with van der Waals surface area (Å²) >= 11 is 0. The lowest BCUT2D eigenvalue weighted by Crippen LogP contribution is -2.02. The van der Waals surface area contributed by atoms with Gasteiger partial charge in [0, 0.05) is 6.20 Å². The molecule has 4 heteroatoms. The minimum Gasteiger partial charge on any atom is -0.461 e. The van der Waals surface area contributed by atoms with Gasteiger partial charge in [0.1, 0.15) is 12.0 Å². The molecule has 2 rings (SSSR count). The Morgan fingerprint density at radius 2 is 2.31 bits per heavy atom. The van der Waals surface area contributed by atoms with Gasteiger partial charge in [-0.15, -0.1) is 0 Å². The van der Waals surface area contributed by atoms with Crippen LogP contribution in [0.3, 0.4) is 0 Å². The van der Waals surface area contributed by atoms with Crippen LogP contribution in [0.1, 0.15) is 16.2 Å². The molecule has 2 heterocycles. The SMILES string of the molecule is O=C(c1ccncn1)c1ccco1. The molecule has 0 aliphatic heterocycles. The van der Waals surface area contributed by atoms with Gasteiger partial charge < -0.3 is 4.42 Å². The topological polar surface area (TPSA) is 56.0 Å². The van der Waals surface area contributed by atoms with Crippen molar-refractivity contribution in [3.8, 4) is 0 Å². The van der Waals surface area contributed by atoms with Crippen LogP contribution in [0.25, 0.3) is 0 Å². The third-order valence-corrected chi connectivity index (χ3v) is 1.56. The molecule has 0 bridgehead atoms. The van der Waals surface area contributed by atoms with Gasteiger partial charge in [-0.2, -0.15) is 0 Å². The van der Waals surface area contributed by atoms with E-state index < -0.39 is 0 Å². The molecular weight excluding hydrogens is 168 g/mol. The predicted molar refractivity (Wildman–Crippen MR) is 44.2 cm³/mol. The molecule has 0 N–H and O–H groups in total. The lowest BCUT2D eigenvalue weighted by Gasteiger charge is -1.93. The molecule has 0 radical (unpaired) electrons. The zero-order valence-electron chi connectivity index (χ0n) is 6.68. The van der Waals surface area contributed by atoms with Crippen LogP contribution >= 0.6 is 0 Å². The highest BCUT2D eigenvalue weighted by molar-refractivity contribution is 6.05. The first-order valence-electron chi connectivity index (χ1n) is 3.72. The van der Waals surface area contributed by atoms with E-state index >= 15 is 0 Å². The van der Waals surface area contributed by atoms with Crippen LogP contribution in [0.2, 0.25) is 0 Å². The van der Waals surface area contributed by atoms with E-state index in [0.717, 1.165) is 0 Å². The van der Waals surface area contributed by atoms with Gasteiger partial charge in [0.15, 0.2) is 5.76 Å². The fourth-order valence-electron chi connectivity index (χ4n) is 0.959. The van der Waals surface area contributed by atoms with Crippen LogP contribution in [0.4, 0.5) is 0 Å². The van der Waals surface area contributed by atoms with Gasteiger partial charge in [-0.1, -0.05) is 0 Å². The first kappa shape index (κ1) is 7.67. The van der Waals surface area contributed by atoms with E-state index in [4.69, 9.17) is 4.42 Å². The molecule has 2 aromatic rings. The van der Waals surface area contributed by atoms with Crippen molar-refractivity contribution in [2.45, 2.75) is 0 Å². The number of rotatable bonds is 2. The highest BCUT2D eigenvalue weighted by Gasteiger charge is 2.11. The van der Waals surface area contributed by atoms with Crippen molar-refractivity contribution in [3.05, 3.63) is 48.4 Å². The molecule has 2 aromatic heterocycles. The summed E-state index contributed by atoms with van der Waals surface area (Å²) < 4.78 is 4.94. The number of nitrogens with zero attached hydrogens (tertiary/aromatic N) is 2. The minimum absolute atomic E-state index is 0.229. The van der Waals surface area contributed by atoms with Crippen molar-refractivity contribution in [1.82, 2.24) is 9.97 Å². The molecule has 13 heavy (non-hydrogen) atoms. The molecule has 0 saturated carbocycles. The van der Waals surface area contributed by atoms with Crippen molar-refractivity contribution in [2.75, 3.05) is 0 Å². The summed E-state index contributed by atoms with van der Waals surface area (Å²) in [5.74, 6) is 0.0612. The number of hydrogen-bond donors (Lipinski definition) is 0. The summed E-state index contributed by atoms with van der Waals surface area (Å²) in [4.78, 5) is 19.1. The van der Waals surface area contributed by atoms with Gasteiger partial charge >= 0.3 is 0 Å². The van der Waals surface area contributed by atoms with Crippen LogP contribution in [-0.4, -0.2) is 15.8 Å². The average Bonchev–Trinajstić information content (AvgIpc) is 2.71. The summed E-state index contributed by atoms with van der Waals surface area (Å²) in [7, 11) is 0. The Morgan fingerprint density at radius 3 is 2.92 bits per heavy atom. The molecule has 0 aromatic carbocycles. The molecule has 64 valence electrons. The Kier molecular flexibility index (Phi) is 1.88. The van der Waals surface area contributed by atoms with E-state index in [-0.39, 0.29) is 5.78 Å². The standard InChI is InChI=1S/C9H6N2O2/c12-9(8-2-1-5-13-8)7-3-4-10-6-11-7/h1-6H. The van der Waals surface area contributed by atoms with Crippen LogP contribution in [0.15, 0.2) is 41.4 Å². The van der Waals surface area contributed by atoms with Crippen molar-refractivity contribution in [3.63, 3.8) is 0 Å². The Balaban J connectivity index is 2.34. The first-order valence-corrected chi connectivity index (χ1v) is 3.72. The highest BCUT2D eigenvalue weighted by Crippen LogP contribution is 2.06. The summed E-state index contributed by atoms with van der Waals surface area (Å²) in [6.45, 7) is 0. The van der Waals surface area contributed by atoms with Gasteiger partial charge in [-0.25, -0.2) is 9.97 Å². The molecule has 0 fully saturated rings. The second-order valence-corrected chi connectivity index (χ2v) is 2.40. The van der Waals surface area contributed by atoms with E-state index in [1.807, 2.05) is 0 Å². The number of carbonyl (C=O) groups excluding carboxylic acids is 1. The molecule has 0 spiro atoms. The number of ketones is 1. The number of hydrogen-bond acceptors (Lipinski definition) is 4. The average molecular weight is 174 g/mol. The number of furan rings is 1. The largest absolute Gasteiger partial charge is 0.461 e. The third-order valence-electron chi connectivity index (χ3n) is 1.56. The van der Waals surface area contributed by atoms with Crippen molar-refractivity contribution < 1.29 is 9.21 Å². The Labute approximate surface area is 74.2 Å². The van der Waals surface area contributed by atoms with E-state index in [0.29, 0.717) is 11.5 Å². The van der Waals surface area contributed by atoms with Gasteiger partial charge in [0.2, 0.25) is 5.78 Å². The van der Waals surface area contributed by atoms with Crippen LogP contribution in [0.5, 0.6) is 0 Å². The van der Waals surface area contributed by atoms with Crippen molar-refractivity contribution >= 4 is 5.78 Å². The van der Waals surface area contributed by atoms with E-state index in [1.165, 1.54) is 18.8 Å². The van der Waals surface area contributed by atoms with Crippen LogP contribution in [-0.2, 0) is 0 Å². The van der Waals surface area contributed by atoms with Crippen LogP contribution < -0.4 is 0 Å². The van der Waals surface area contributed by atoms with Crippen LogP contribution in [0, 0.1) is 0 Å². The van der Waals surface area contributed by atoms with Crippen molar-refractivity contribution in [1.29, 1.82) is 0 Å². The number of aromatic nitrogens is 2. The molecular formula is C9H6N2O2. The molecule has 0 aliphatic rings. The molecule has 0 amide bonds. The molecule has 0 aliphatic carbocycles. The number of carbonyl (C=O) groups is 1. The molecule has 0 atom stereocenters. The minimum atomic E-state index is -0.229. The summed E-state index contributed by atoms with van der Waals surface area (Å²) in [5, 5.41) is 0. The Morgan fingerprint density at radius 1 is 1.38 bits per heavy atom. The maximum Gasteiger partial charge on any atom is 0.246 e. The predicted octanol–water partition coefficient (Wildman–Crippen LogP) is 1.30. The summed E-state index contributed by atoms with van der Waals surface area (Å²) in [6.07, 6.45) is 4.30. The second-order valence-electron chi connectivity index (χ2n) is 2.40. The van der Waals surface area contributed by atoms with Gasteiger partial charge in [0.05, 0.1) is 6.26 Å². The maximum absolute atomic E-state index is 11.5. The normalized spacial score (nSPS) is 9.85.